The molecule has 34 heavy (non-hydrogen) atoms. The zero-order chi connectivity index (χ0) is 23.8. The van der Waals surface area contributed by atoms with Gasteiger partial charge in [0.2, 0.25) is 11.8 Å². The van der Waals surface area contributed by atoms with E-state index < -0.39 is 0 Å². The van der Waals surface area contributed by atoms with Gasteiger partial charge in [-0.1, -0.05) is 57.5 Å². The van der Waals surface area contributed by atoms with E-state index in [1.54, 1.807) is 0 Å². The summed E-state index contributed by atoms with van der Waals surface area (Å²) in [5, 5.41) is 17.8. The third kappa shape index (κ3) is 6.57. The number of hydrogen-bond acceptors (Lipinski definition) is 7. The van der Waals surface area contributed by atoms with Crippen molar-refractivity contribution in [3.8, 4) is 0 Å². The van der Waals surface area contributed by atoms with Crippen LogP contribution in [0.1, 0.15) is 36.5 Å². The maximum atomic E-state index is 12.1. The molecular weight excluding hydrogens is 500 g/mol. The van der Waals surface area contributed by atoms with Crippen LogP contribution in [-0.2, 0) is 22.4 Å². The van der Waals surface area contributed by atoms with Gasteiger partial charge in [-0.15, -0.1) is 10.2 Å². The Bertz CT molecular complexity index is 1150. The Labute approximate surface area is 205 Å². The monoisotopic (exact) mass is 524 g/mol. The SMILES string of the molecule is O=C(CCCc1nc(Cc2ccc(Br)cc2)no1)NCCCNC1=C2C=CC=CC2C(=O)N=N1. The maximum absolute atomic E-state index is 12.1. The zero-order valence-corrected chi connectivity index (χ0v) is 20.1. The van der Waals surface area contributed by atoms with Crippen LogP contribution in [0.15, 0.2) is 79.2 Å². The van der Waals surface area contributed by atoms with E-state index in [1.807, 2.05) is 48.6 Å². The lowest BCUT2D eigenvalue weighted by molar-refractivity contribution is -0.121. The number of rotatable bonds is 11. The van der Waals surface area contributed by atoms with E-state index >= 15 is 0 Å². The number of nitrogens with one attached hydrogen (secondary N) is 2. The second-order valence-electron chi connectivity index (χ2n) is 7.96. The van der Waals surface area contributed by atoms with Crippen LogP contribution < -0.4 is 10.6 Å². The summed E-state index contributed by atoms with van der Waals surface area (Å²) in [7, 11) is 0. The molecule has 2 N–H and O–H groups in total. The Morgan fingerprint density at radius 3 is 2.79 bits per heavy atom. The third-order valence-corrected chi connectivity index (χ3v) is 5.89. The van der Waals surface area contributed by atoms with Gasteiger partial charge in [0.1, 0.15) is 0 Å². The van der Waals surface area contributed by atoms with E-state index in [-0.39, 0.29) is 17.7 Å². The number of nitrogens with zero attached hydrogens (tertiary/aromatic N) is 4. The number of benzene rings is 1. The van der Waals surface area contributed by atoms with Crippen molar-refractivity contribution in [2.24, 2.45) is 16.1 Å². The normalized spacial score (nSPS) is 16.6. The average molecular weight is 525 g/mol. The standard InChI is InChI=1S/C24H25BrN6O3/c25-17-11-9-16(10-12-17)15-20-28-22(34-31-20)8-3-7-21(32)26-13-4-14-27-23-18-5-1-2-6-19(18)24(33)30-29-23/h1-2,5-6,9-12,19,27H,3-4,7-8,13-15H2,(H,26,32). The first-order chi connectivity index (χ1) is 16.6. The van der Waals surface area contributed by atoms with Gasteiger partial charge in [0.05, 0.1) is 5.92 Å². The molecule has 0 fully saturated rings. The van der Waals surface area contributed by atoms with Crippen LogP contribution in [0.5, 0.6) is 0 Å². The van der Waals surface area contributed by atoms with E-state index in [0.717, 1.165) is 22.0 Å². The lowest BCUT2D eigenvalue weighted by Crippen LogP contribution is -2.28. The fourth-order valence-corrected chi connectivity index (χ4v) is 3.86. The molecule has 10 heteroatoms. The minimum atomic E-state index is -0.361. The quantitative estimate of drug-likeness (QED) is 0.431. The summed E-state index contributed by atoms with van der Waals surface area (Å²) in [6, 6.07) is 7.98. The van der Waals surface area contributed by atoms with Gasteiger partial charge < -0.3 is 15.2 Å². The van der Waals surface area contributed by atoms with Crippen molar-refractivity contribution < 1.29 is 14.1 Å². The number of allylic oxidation sites excluding steroid dienone is 3. The van der Waals surface area contributed by atoms with E-state index in [1.165, 1.54) is 0 Å². The summed E-state index contributed by atoms with van der Waals surface area (Å²) < 4.78 is 6.32. The Balaban J connectivity index is 1.10. The lowest BCUT2D eigenvalue weighted by Gasteiger charge is -2.20. The van der Waals surface area contributed by atoms with Crippen LogP contribution in [0.2, 0.25) is 0 Å². The molecule has 0 spiro atoms. The number of aryl methyl sites for hydroxylation is 1. The Morgan fingerprint density at radius 1 is 1.09 bits per heavy atom. The largest absolute Gasteiger partial charge is 0.368 e. The smallest absolute Gasteiger partial charge is 0.276 e. The Kier molecular flexibility index (Phi) is 8.13. The lowest BCUT2D eigenvalue weighted by atomic mass is 9.93. The molecular formula is C24H25BrN6O3. The average Bonchev–Trinajstić information content (AvgIpc) is 3.29. The molecule has 176 valence electrons. The van der Waals surface area contributed by atoms with Gasteiger partial charge in [-0.05, 0) is 30.5 Å². The predicted octanol–water partition coefficient (Wildman–Crippen LogP) is 3.79. The highest BCUT2D eigenvalue weighted by Gasteiger charge is 2.26. The summed E-state index contributed by atoms with van der Waals surface area (Å²) in [6.45, 7) is 1.15. The number of carbonyl (C=O) groups is 2. The first kappa shape index (κ1) is 23.7. The summed E-state index contributed by atoms with van der Waals surface area (Å²) in [6.07, 6.45) is 10.3. The molecule has 1 atom stereocenters. The fraction of sp³-hybridized carbons (Fsp3) is 0.333. The van der Waals surface area contributed by atoms with Gasteiger partial charge >= 0.3 is 0 Å². The first-order valence-corrected chi connectivity index (χ1v) is 12.0. The van der Waals surface area contributed by atoms with Crippen LogP contribution in [0.3, 0.4) is 0 Å². The molecule has 2 aliphatic rings. The molecule has 1 aliphatic carbocycles. The second-order valence-corrected chi connectivity index (χ2v) is 8.87. The molecule has 0 radical (unpaired) electrons. The van der Waals surface area contributed by atoms with E-state index in [4.69, 9.17) is 4.52 Å². The van der Waals surface area contributed by atoms with Crippen molar-refractivity contribution in [2.75, 3.05) is 13.1 Å². The van der Waals surface area contributed by atoms with Gasteiger partial charge in [0, 0.05) is 42.4 Å². The summed E-state index contributed by atoms with van der Waals surface area (Å²) >= 11 is 3.42. The molecule has 0 saturated carbocycles. The highest BCUT2D eigenvalue weighted by molar-refractivity contribution is 9.10. The number of hydrogen-bond donors (Lipinski definition) is 2. The second kappa shape index (κ2) is 11.6. The van der Waals surface area contributed by atoms with Crippen molar-refractivity contribution in [3.05, 3.63) is 81.7 Å². The molecule has 1 aromatic heterocycles. The van der Waals surface area contributed by atoms with E-state index in [0.29, 0.717) is 56.3 Å². The summed E-state index contributed by atoms with van der Waals surface area (Å²) in [5.41, 5.74) is 1.93. The molecule has 2 aromatic rings. The van der Waals surface area contributed by atoms with Crippen LogP contribution in [0.4, 0.5) is 0 Å². The summed E-state index contributed by atoms with van der Waals surface area (Å²) in [4.78, 5) is 28.3. The Morgan fingerprint density at radius 2 is 1.94 bits per heavy atom. The van der Waals surface area contributed by atoms with Crippen LogP contribution >= 0.6 is 15.9 Å². The van der Waals surface area contributed by atoms with Crippen LogP contribution in [0.25, 0.3) is 0 Å². The summed E-state index contributed by atoms with van der Waals surface area (Å²) in [5.74, 6) is 1.16. The zero-order valence-electron chi connectivity index (χ0n) is 18.5. The highest BCUT2D eigenvalue weighted by atomic mass is 79.9. The topological polar surface area (TPSA) is 122 Å². The van der Waals surface area contributed by atoms with Crippen LogP contribution in [0, 0.1) is 5.92 Å². The van der Waals surface area contributed by atoms with Gasteiger partial charge in [-0.3, -0.25) is 9.59 Å². The molecule has 2 amide bonds. The van der Waals surface area contributed by atoms with E-state index in [2.05, 4.69) is 46.9 Å². The highest BCUT2D eigenvalue weighted by Crippen LogP contribution is 2.27. The van der Waals surface area contributed by atoms with Gasteiger partial charge in [-0.2, -0.15) is 4.98 Å². The van der Waals surface area contributed by atoms with Crippen molar-refractivity contribution >= 4 is 27.7 Å². The van der Waals surface area contributed by atoms with Crippen molar-refractivity contribution in [3.63, 3.8) is 0 Å². The van der Waals surface area contributed by atoms with Gasteiger partial charge in [0.15, 0.2) is 11.6 Å². The maximum Gasteiger partial charge on any atom is 0.276 e. The molecule has 2 heterocycles. The molecule has 0 saturated heterocycles. The molecule has 4 rings (SSSR count). The van der Waals surface area contributed by atoms with Crippen LogP contribution in [-0.4, -0.2) is 35.0 Å². The number of halogens is 1. The van der Waals surface area contributed by atoms with Gasteiger partial charge in [0.25, 0.3) is 5.91 Å². The minimum Gasteiger partial charge on any atom is -0.368 e. The van der Waals surface area contributed by atoms with Gasteiger partial charge in [-0.25, -0.2) is 0 Å². The predicted molar refractivity (Wildman–Crippen MR) is 128 cm³/mol. The number of carbonyl (C=O) groups excluding carboxylic acids is 2. The Hall–Kier alpha value is -3.40. The van der Waals surface area contributed by atoms with Crippen molar-refractivity contribution in [2.45, 2.75) is 32.1 Å². The molecule has 1 aromatic carbocycles. The number of fused-ring (bicyclic) bond motifs is 1. The molecule has 9 nitrogen and oxygen atoms in total. The molecule has 0 bridgehead atoms. The fourth-order valence-electron chi connectivity index (χ4n) is 3.60. The van der Waals surface area contributed by atoms with Crippen molar-refractivity contribution in [1.29, 1.82) is 0 Å². The van der Waals surface area contributed by atoms with Crippen molar-refractivity contribution in [1.82, 2.24) is 20.8 Å². The first-order valence-electron chi connectivity index (χ1n) is 11.2. The molecule has 1 unspecified atom stereocenters. The number of amides is 2. The number of azo groups is 1. The molecule has 1 aliphatic heterocycles. The third-order valence-electron chi connectivity index (χ3n) is 5.36. The minimum absolute atomic E-state index is 0.0139. The van der Waals surface area contributed by atoms with E-state index in [9.17, 15) is 9.59 Å². The number of aromatic nitrogens is 2.